The summed E-state index contributed by atoms with van der Waals surface area (Å²) >= 11 is 3.27. The van der Waals surface area contributed by atoms with Gasteiger partial charge in [-0.1, -0.05) is 6.07 Å². The largest absolute Gasteiger partial charge is 0.392 e. The summed E-state index contributed by atoms with van der Waals surface area (Å²) in [5.74, 6) is 0. The van der Waals surface area contributed by atoms with Crippen LogP contribution in [-0.2, 0) is 21.4 Å². The number of halogens is 1. The molecule has 0 bridgehead atoms. The van der Waals surface area contributed by atoms with Gasteiger partial charge < -0.3 is 9.84 Å². The van der Waals surface area contributed by atoms with Crippen LogP contribution in [0.3, 0.4) is 0 Å². The maximum absolute atomic E-state index is 12.7. The number of ether oxygens (including phenoxy) is 1. The maximum Gasteiger partial charge on any atom is 0.244 e. The van der Waals surface area contributed by atoms with Crippen LogP contribution in [0.1, 0.15) is 18.9 Å². The van der Waals surface area contributed by atoms with E-state index in [1.165, 1.54) is 10.4 Å². The van der Waals surface area contributed by atoms with Crippen molar-refractivity contribution in [3.8, 4) is 0 Å². The van der Waals surface area contributed by atoms with Crippen molar-refractivity contribution in [3.63, 3.8) is 0 Å². The molecule has 1 aromatic rings. The fraction of sp³-hybridized carbons (Fsp3) is 0.538. The molecule has 5 nitrogen and oxygen atoms in total. The van der Waals surface area contributed by atoms with Crippen LogP contribution in [0.2, 0.25) is 0 Å². The van der Waals surface area contributed by atoms with Crippen LogP contribution in [0.4, 0.5) is 0 Å². The molecule has 1 N–H and O–H groups in total. The van der Waals surface area contributed by atoms with Gasteiger partial charge in [-0.25, -0.2) is 8.42 Å². The summed E-state index contributed by atoms with van der Waals surface area (Å²) in [4.78, 5) is 0.172. The molecule has 0 spiro atoms. The summed E-state index contributed by atoms with van der Waals surface area (Å²) in [6.07, 6.45) is 0.573. The molecule has 2 unspecified atom stereocenters. The third-order valence-corrected chi connectivity index (χ3v) is 6.52. The van der Waals surface area contributed by atoms with E-state index in [4.69, 9.17) is 9.84 Å². The molecule has 1 heterocycles. The van der Waals surface area contributed by atoms with Crippen LogP contribution in [0, 0.1) is 0 Å². The number of hydrogen-bond acceptors (Lipinski definition) is 4. The van der Waals surface area contributed by atoms with Gasteiger partial charge in [-0.2, -0.15) is 4.31 Å². The van der Waals surface area contributed by atoms with Crippen molar-refractivity contribution >= 4 is 26.0 Å². The Morgan fingerprint density at radius 3 is 2.75 bits per heavy atom. The lowest BCUT2D eigenvalue weighted by Crippen LogP contribution is -2.41. The monoisotopic (exact) mass is 363 g/mol. The van der Waals surface area contributed by atoms with Gasteiger partial charge in [-0.15, -0.1) is 0 Å². The Morgan fingerprint density at radius 1 is 1.50 bits per heavy atom. The first kappa shape index (κ1) is 15.9. The number of hydrogen-bond donors (Lipinski definition) is 1. The second-order valence-electron chi connectivity index (χ2n) is 4.88. The molecule has 1 saturated heterocycles. The van der Waals surface area contributed by atoms with Crippen molar-refractivity contribution in [3.05, 3.63) is 28.2 Å². The van der Waals surface area contributed by atoms with Gasteiger partial charge >= 0.3 is 0 Å². The number of aliphatic hydroxyl groups is 1. The number of nitrogens with zero attached hydrogens (tertiary/aromatic N) is 1. The van der Waals surface area contributed by atoms with Crippen LogP contribution in [0.15, 0.2) is 27.6 Å². The fourth-order valence-corrected chi connectivity index (χ4v) is 4.79. The molecule has 1 aliphatic rings. The highest BCUT2D eigenvalue weighted by Gasteiger charge is 2.36. The number of aliphatic hydroxyl groups excluding tert-OH is 1. The van der Waals surface area contributed by atoms with Gasteiger partial charge in [-0.3, -0.25) is 0 Å². The molecule has 0 radical (unpaired) electrons. The lowest BCUT2D eigenvalue weighted by Gasteiger charge is -2.26. The van der Waals surface area contributed by atoms with E-state index in [1.54, 1.807) is 19.2 Å². The van der Waals surface area contributed by atoms with Crippen molar-refractivity contribution < 1.29 is 18.3 Å². The third kappa shape index (κ3) is 2.92. The Kier molecular flexibility index (Phi) is 4.86. The average molecular weight is 364 g/mol. The molecule has 20 heavy (non-hydrogen) atoms. The van der Waals surface area contributed by atoms with E-state index in [-0.39, 0.29) is 23.6 Å². The molecule has 1 aliphatic heterocycles. The topological polar surface area (TPSA) is 66.8 Å². The second kappa shape index (κ2) is 6.11. The van der Waals surface area contributed by atoms with Crippen molar-refractivity contribution in [2.24, 2.45) is 0 Å². The standard InChI is InChI=1S/C13H18BrNO4S/c1-9-12(5-6-19-9)15(2)20(17,18)13-7-10(8-16)3-4-11(13)14/h3-4,7,9,12,16H,5-6,8H2,1-2H3. The molecule has 112 valence electrons. The zero-order valence-electron chi connectivity index (χ0n) is 11.4. The van der Waals surface area contributed by atoms with E-state index >= 15 is 0 Å². The number of likely N-dealkylation sites (N-methyl/N-ethyl adjacent to an activating group) is 1. The van der Waals surface area contributed by atoms with Crippen molar-refractivity contribution in [2.45, 2.75) is 37.0 Å². The first-order chi connectivity index (χ1) is 9.37. The molecular formula is C13H18BrNO4S. The minimum atomic E-state index is -3.62. The quantitative estimate of drug-likeness (QED) is 0.884. The van der Waals surface area contributed by atoms with E-state index in [0.29, 0.717) is 23.1 Å². The van der Waals surface area contributed by atoms with E-state index in [2.05, 4.69) is 15.9 Å². The summed E-state index contributed by atoms with van der Waals surface area (Å²) in [5.41, 5.74) is 0.566. The first-order valence-electron chi connectivity index (χ1n) is 6.37. The van der Waals surface area contributed by atoms with Gasteiger partial charge in [0.25, 0.3) is 0 Å². The SMILES string of the molecule is CC1OCCC1N(C)S(=O)(=O)c1cc(CO)ccc1Br. The van der Waals surface area contributed by atoms with Gasteiger partial charge in [0.05, 0.1) is 23.6 Å². The Morgan fingerprint density at radius 2 is 2.20 bits per heavy atom. The predicted molar refractivity (Wildman–Crippen MR) is 78.8 cm³/mol. The molecule has 0 aliphatic carbocycles. The zero-order chi connectivity index (χ0) is 14.9. The third-order valence-electron chi connectivity index (χ3n) is 3.64. The molecule has 2 atom stereocenters. The number of benzene rings is 1. The molecule has 2 rings (SSSR count). The Balaban J connectivity index is 2.39. The zero-order valence-corrected chi connectivity index (χ0v) is 13.8. The van der Waals surface area contributed by atoms with Crippen LogP contribution in [-0.4, -0.2) is 43.6 Å². The summed E-state index contributed by atoms with van der Waals surface area (Å²) < 4.78 is 32.7. The Hall–Kier alpha value is -0.470. The van der Waals surface area contributed by atoms with Gasteiger partial charge in [0.15, 0.2) is 0 Å². The molecule has 0 amide bonds. The summed E-state index contributed by atoms with van der Waals surface area (Å²) in [5, 5.41) is 9.17. The summed E-state index contributed by atoms with van der Waals surface area (Å²) in [6.45, 7) is 2.26. The maximum atomic E-state index is 12.7. The molecule has 0 aromatic heterocycles. The molecule has 1 fully saturated rings. The number of sulfonamides is 1. The van der Waals surface area contributed by atoms with E-state index in [0.717, 1.165) is 0 Å². The van der Waals surface area contributed by atoms with Gasteiger partial charge in [0.1, 0.15) is 0 Å². The second-order valence-corrected chi connectivity index (χ2v) is 7.70. The highest BCUT2D eigenvalue weighted by atomic mass is 79.9. The summed E-state index contributed by atoms with van der Waals surface area (Å²) in [6, 6.07) is 4.66. The van der Waals surface area contributed by atoms with Crippen LogP contribution in [0.5, 0.6) is 0 Å². The molecule has 7 heteroatoms. The van der Waals surface area contributed by atoms with E-state index in [9.17, 15) is 8.42 Å². The lowest BCUT2D eigenvalue weighted by atomic mass is 10.2. The minimum Gasteiger partial charge on any atom is -0.392 e. The van der Waals surface area contributed by atoms with Crippen LogP contribution in [0.25, 0.3) is 0 Å². The van der Waals surface area contributed by atoms with Gasteiger partial charge in [0, 0.05) is 18.1 Å². The highest BCUT2D eigenvalue weighted by molar-refractivity contribution is 9.10. The predicted octanol–water partition coefficient (Wildman–Crippen LogP) is 1.74. The van der Waals surface area contributed by atoms with E-state index in [1.807, 2.05) is 6.92 Å². The molecule has 0 saturated carbocycles. The highest BCUT2D eigenvalue weighted by Crippen LogP contribution is 2.29. The van der Waals surface area contributed by atoms with Crippen molar-refractivity contribution in [1.29, 1.82) is 0 Å². The smallest absolute Gasteiger partial charge is 0.244 e. The fourth-order valence-electron chi connectivity index (χ4n) is 2.38. The van der Waals surface area contributed by atoms with Gasteiger partial charge in [0.2, 0.25) is 10.0 Å². The van der Waals surface area contributed by atoms with Crippen LogP contribution < -0.4 is 0 Å². The van der Waals surface area contributed by atoms with Gasteiger partial charge in [-0.05, 0) is 47.0 Å². The number of rotatable bonds is 4. The molecule has 1 aromatic carbocycles. The summed E-state index contributed by atoms with van der Waals surface area (Å²) in [7, 11) is -2.05. The van der Waals surface area contributed by atoms with Crippen LogP contribution >= 0.6 is 15.9 Å². The Bertz CT molecular complexity index is 590. The normalized spacial score (nSPS) is 23.4. The van der Waals surface area contributed by atoms with Crippen molar-refractivity contribution in [2.75, 3.05) is 13.7 Å². The first-order valence-corrected chi connectivity index (χ1v) is 8.60. The van der Waals surface area contributed by atoms with E-state index < -0.39 is 10.0 Å². The van der Waals surface area contributed by atoms with Crippen molar-refractivity contribution in [1.82, 2.24) is 4.31 Å². The Labute approximate surface area is 127 Å². The molecular weight excluding hydrogens is 346 g/mol. The average Bonchev–Trinajstić information content (AvgIpc) is 2.84. The lowest BCUT2D eigenvalue weighted by molar-refractivity contribution is 0.102. The minimum absolute atomic E-state index is 0.116.